The summed E-state index contributed by atoms with van der Waals surface area (Å²) in [6.45, 7) is 0. The Morgan fingerprint density at radius 3 is 3.00 bits per heavy atom. The summed E-state index contributed by atoms with van der Waals surface area (Å²) >= 11 is 0. The maximum Gasteiger partial charge on any atom is 0.235 e. The zero-order valence-corrected chi connectivity index (χ0v) is 8.64. The third-order valence-electron chi connectivity index (χ3n) is 2.29. The molecule has 0 unspecified atom stereocenters. The van der Waals surface area contributed by atoms with E-state index in [1.165, 1.54) is 6.08 Å². The van der Waals surface area contributed by atoms with Crippen LogP contribution in [0.25, 0.3) is 17.0 Å². The van der Waals surface area contributed by atoms with Crippen LogP contribution in [0.3, 0.4) is 0 Å². The van der Waals surface area contributed by atoms with Crippen LogP contribution in [0, 0.1) is 10.1 Å². The molecule has 82 valence electrons. The summed E-state index contributed by atoms with van der Waals surface area (Å²) in [5.74, 6) is 0.696. The lowest BCUT2D eigenvalue weighted by atomic mass is 10.1. The van der Waals surface area contributed by atoms with Crippen molar-refractivity contribution in [2.24, 2.45) is 0 Å². The van der Waals surface area contributed by atoms with E-state index in [4.69, 9.17) is 4.74 Å². The van der Waals surface area contributed by atoms with Crippen molar-refractivity contribution < 1.29 is 9.66 Å². The largest absolute Gasteiger partial charge is 0.496 e. The van der Waals surface area contributed by atoms with Gasteiger partial charge in [-0.3, -0.25) is 10.1 Å². The third kappa shape index (κ3) is 1.75. The first-order chi connectivity index (χ1) is 7.72. The lowest BCUT2D eigenvalue weighted by Gasteiger charge is -2.01. The number of nitro groups is 1. The van der Waals surface area contributed by atoms with Gasteiger partial charge in [0.2, 0.25) is 6.20 Å². The molecule has 0 aliphatic carbocycles. The van der Waals surface area contributed by atoms with E-state index in [1.54, 1.807) is 13.3 Å². The Labute approximate surface area is 91.5 Å². The molecule has 0 saturated heterocycles. The zero-order valence-electron chi connectivity index (χ0n) is 8.64. The summed E-state index contributed by atoms with van der Waals surface area (Å²) in [5, 5.41) is 11.1. The molecule has 0 aliphatic rings. The van der Waals surface area contributed by atoms with E-state index in [0.29, 0.717) is 5.75 Å². The number of H-pyrrole nitrogens is 1. The highest BCUT2D eigenvalue weighted by Crippen LogP contribution is 2.29. The van der Waals surface area contributed by atoms with Crippen molar-refractivity contribution in [3.8, 4) is 5.75 Å². The van der Waals surface area contributed by atoms with E-state index in [-0.39, 0.29) is 0 Å². The summed E-state index contributed by atoms with van der Waals surface area (Å²) in [7, 11) is 1.57. The molecule has 5 heteroatoms. The lowest BCUT2D eigenvalue weighted by Crippen LogP contribution is -1.85. The van der Waals surface area contributed by atoms with Crippen LogP contribution in [0.1, 0.15) is 5.56 Å². The summed E-state index contributed by atoms with van der Waals surface area (Å²) in [6, 6.07) is 5.57. The Hall–Kier alpha value is -2.30. The zero-order chi connectivity index (χ0) is 11.5. The summed E-state index contributed by atoms with van der Waals surface area (Å²) in [6.07, 6.45) is 4.07. The van der Waals surface area contributed by atoms with Crippen LogP contribution in [0.2, 0.25) is 0 Å². The van der Waals surface area contributed by atoms with Crippen LogP contribution in [0.15, 0.2) is 30.6 Å². The van der Waals surface area contributed by atoms with Gasteiger partial charge in [-0.15, -0.1) is 0 Å². The van der Waals surface area contributed by atoms with Crippen molar-refractivity contribution in [2.45, 2.75) is 0 Å². The highest BCUT2D eigenvalue weighted by molar-refractivity contribution is 5.93. The molecule has 0 atom stereocenters. The molecule has 1 N–H and O–H groups in total. The second-order valence-electron chi connectivity index (χ2n) is 3.23. The maximum absolute atomic E-state index is 10.3. The van der Waals surface area contributed by atoms with Crippen molar-refractivity contribution in [1.82, 2.24) is 4.98 Å². The van der Waals surface area contributed by atoms with Crippen molar-refractivity contribution in [3.05, 3.63) is 46.3 Å². The van der Waals surface area contributed by atoms with E-state index in [2.05, 4.69) is 4.98 Å². The van der Waals surface area contributed by atoms with Crippen LogP contribution in [-0.4, -0.2) is 17.0 Å². The van der Waals surface area contributed by atoms with E-state index < -0.39 is 4.92 Å². The molecule has 0 radical (unpaired) electrons. The van der Waals surface area contributed by atoms with Gasteiger partial charge in [-0.2, -0.15) is 0 Å². The van der Waals surface area contributed by atoms with Gasteiger partial charge in [0.1, 0.15) is 5.75 Å². The number of benzene rings is 1. The molecule has 1 heterocycles. The molecule has 1 aromatic carbocycles. The van der Waals surface area contributed by atoms with Gasteiger partial charge in [0.25, 0.3) is 0 Å². The number of nitrogens with zero attached hydrogens (tertiary/aromatic N) is 1. The number of aromatic nitrogens is 1. The van der Waals surface area contributed by atoms with Gasteiger partial charge in [0, 0.05) is 28.7 Å². The van der Waals surface area contributed by atoms with Crippen LogP contribution >= 0.6 is 0 Å². The molecule has 0 spiro atoms. The van der Waals surface area contributed by atoms with Gasteiger partial charge in [0.15, 0.2) is 0 Å². The number of methoxy groups -OCH3 is 1. The number of aromatic amines is 1. The van der Waals surface area contributed by atoms with Gasteiger partial charge >= 0.3 is 0 Å². The molecule has 1 aromatic heterocycles. The van der Waals surface area contributed by atoms with E-state index in [9.17, 15) is 10.1 Å². The normalized spacial score (nSPS) is 11.1. The second-order valence-corrected chi connectivity index (χ2v) is 3.23. The van der Waals surface area contributed by atoms with Gasteiger partial charge in [0.05, 0.1) is 12.0 Å². The van der Waals surface area contributed by atoms with Gasteiger partial charge in [-0.05, 0) is 12.1 Å². The average molecular weight is 218 g/mol. The highest BCUT2D eigenvalue weighted by Gasteiger charge is 2.07. The molecule has 5 nitrogen and oxygen atoms in total. The summed E-state index contributed by atoms with van der Waals surface area (Å²) in [4.78, 5) is 12.8. The Morgan fingerprint density at radius 1 is 1.50 bits per heavy atom. The maximum atomic E-state index is 10.3. The molecular formula is C11H10N2O3. The highest BCUT2D eigenvalue weighted by atomic mass is 16.6. The monoisotopic (exact) mass is 218 g/mol. The Morgan fingerprint density at radius 2 is 2.31 bits per heavy atom. The van der Waals surface area contributed by atoms with Gasteiger partial charge in [-0.25, -0.2) is 0 Å². The SMILES string of the molecule is COc1cccc2[nH]cc(/C=C\[N+](=O)[O-])c12. The van der Waals surface area contributed by atoms with Gasteiger partial charge < -0.3 is 9.72 Å². The predicted molar refractivity (Wildman–Crippen MR) is 60.9 cm³/mol. The quantitative estimate of drug-likeness (QED) is 0.635. The second kappa shape index (κ2) is 4.06. The summed E-state index contributed by atoms with van der Waals surface area (Å²) in [5.41, 5.74) is 1.63. The Kier molecular flexibility index (Phi) is 2.59. The molecular weight excluding hydrogens is 208 g/mol. The van der Waals surface area contributed by atoms with Crippen LogP contribution in [-0.2, 0) is 0 Å². The minimum atomic E-state index is -0.492. The number of rotatable bonds is 3. The van der Waals surface area contributed by atoms with Crippen molar-refractivity contribution in [2.75, 3.05) is 7.11 Å². The fourth-order valence-electron chi connectivity index (χ4n) is 1.62. The predicted octanol–water partition coefficient (Wildman–Crippen LogP) is 2.42. The molecule has 0 bridgehead atoms. The topological polar surface area (TPSA) is 68.2 Å². The first-order valence-corrected chi connectivity index (χ1v) is 4.68. The smallest absolute Gasteiger partial charge is 0.235 e. The molecule has 16 heavy (non-hydrogen) atoms. The molecule has 2 rings (SSSR count). The minimum Gasteiger partial charge on any atom is -0.496 e. The average Bonchev–Trinajstić information content (AvgIpc) is 2.69. The van der Waals surface area contributed by atoms with E-state index in [1.807, 2.05) is 18.2 Å². The molecule has 0 amide bonds. The Bertz CT molecular complexity index is 557. The first-order valence-electron chi connectivity index (χ1n) is 4.68. The molecule has 0 aliphatic heterocycles. The Balaban J connectivity index is 2.58. The lowest BCUT2D eigenvalue weighted by molar-refractivity contribution is -0.400. The number of nitrogens with one attached hydrogen (secondary N) is 1. The van der Waals surface area contributed by atoms with E-state index in [0.717, 1.165) is 22.7 Å². The number of fused-ring (bicyclic) bond motifs is 1. The molecule has 0 fully saturated rings. The van der Waals surface area contributed by atoms with Crippen LogP contribution < -0.4 is 4.74 Å². The van der Waals surface area contributed by atoms with E-state index >= 15 is 0 Å². The number of hydrogen-bond donors (Lipinski definition) is 1. The van der Waals surface area contributed by atoms with Crippen molar-refractivity contribution in [1.29, 1.82) is 0 Å². The number of hydrogen-bond acceptors (Lipinski definition) is 3. The van der Waals surface area contributed by atoms with Crippen LogP contribution in [0.4, 0.5) is 0 Å². The first kappa shape index (κ1) is 10.2. The molecule has 0 saturated carbocycles. The van der Waals surface area contributed by atoms with Crippen LogP contribution in [0.5, 0.6) is 5.75 Å². The standard InChI is InChI=1S/C11H10N2O3/c1-16-10-4-2-3-9-11(10)8(7-12-9)5-6-13(14)15/h2-7,12H,1H3/b6-5-. The molecule has 2 aromatic rings. The minimum absolute atomic E-state index is 0.492. The fourth-order valence-corrected chi connectivity index (χ4v) is 1.62. The van der Waals surface area contributed by atoms with Crippen molar-refractivity contribution in [3.63, 3.8) is 0 Å². The fraction of sp³-hybridized carbons (Fsp3) is 0.0909. The summed E-state index contributed by atoms with van der Waals surface area (Å²) < 4.78 is 5.21. The van der Waals surface area contributed by atoms with Gasteiger partial charge in [-0.1, -0.05) is 6.07 Å². The van der Waals surface area contributed by atoms with Crippen molar-refractivity contribution >= 4 is 17.0 Å². The number of ether oxygens (including phenoxy) is 1. The third-order valence-corrected chi connectivity index (χ3v) is 2.29.